The van der Waals surface area contributed by atoms with E-state index in [4.69, 9.17) is 16.6 Å². The number of halogens is 1. The minimum atomic E-state index is 0.305. The van der Waals surface area contributed by atoms with Crippen molar-refractivity contribution in [1.29, 1.82) is 0 Å². The van der Waals surface area contributed by atoms with Crippen LogP contribution in [-0.2, 0) is 0 Å². The summed E-state index contributed by atoms with van der Waals surface area (Å²) < 4.78 is 0. The number of guanidine groups is 1. The molecule has 112 valence electrons. The van der Waals surface area contributed by atoms with E-state index in [0.29, 0.717) is 5.54 Å². The largest absolute Gasteiger partial charge is 0.333 e. The van der Waals surface area contributed by atoms with E-state index in [1.54, 1.807) is 0 Å². The molecule has 1 aromatic carbocycles. The van der Waals surface area contributed by atoms with Crippen molar-refractivity contribution in [3.63, 3.8) is 0 Å². The fraction of sp³-hybridized carbons (Fsp3) is 0.588. The quantitative estimate of drug-likeness (QED) is 0.785. The van der Waals surface area contributed by atoms with Crippen LogP contribution in [0.15, 0.2) is 23.2 Å². The molecule has 4 heteroatoms. The van der Waals surface area contributed by atoms with Crippen LogP contribution in [0.5, 0.6) is 0 Å². The monoisotopic (exact) mass is 303 g/mol. The second kappa shape index (κ2) is 4.91. The van der Waals surface area contributed by atoms with E-state index in [-0.39, 0.29) is 0 Å². The molecule has 1 saturated heterocycles. The van der Waals surface area contributed by atoms with Crippen molar-refractivity contribution in [2.45, 2.75) is 44.6 Å². The average Bonchev–Trinajstić information content (AvgIpc) is 3.05. The summed E-state index contributed by atoms with van der Waals surface area (Å²) in [6.07, 6.45) is 6.67. The highest BCUT2D eigenvalue weighted by Gasteiger charge is 2.50. The Balaban J connectivity index is 1.77. The van der Waals surface area contributed by atoms with Gasteiger partial charge in [-0.2, -0.15) is 0 Å². The molecule has 2 heterocycles. The number of hydrogen-bond donors (Lipinski definition) is 0. The first kappa shape index (κ1) is 13.4. The molecule has 0 radical (unpaired) electrons. The SMILES string of the molecule is Cc1cccc(Cl)c1N1CC2(CCCCC2)N2CCN=C12. The lowest BCUT2D eigenvalue weighted by atomic mass is 9.81. The van der Waals surface area contributed by atoms with Crippen LogP contribution in [0.25, 0.3) is 0 Å². The highest BCUT2D eigenvalue weighted by Crippen LogP contribution is 2.44. The first-order chi connectivity index (χ1) is 10.2. The predicted molar refractivity (Wildman–Crippen MR) is 88.4 cm³/mol. The Morgan fingerprint density at radius 2 is 2.00 bits per heavy atom. The molecule has 1 spiro atoms. The highest BCUT2D eigenvalue weighted by molar-refractivity contribution is 6.34. The van der Waals surface area contributed by atoms with Crippen LogP contribution >= 0.6 is 11.6 Å². The van der Waals surface area contributed by atoms with Crippen LogP contribution in [0.2, 0.25) is 5.02 Å². The van der Waals surface area contributed by atoms with E-state index in [2.05, 4.69) is 22.8 Å². The van der Waals surface area contributed by atoms with Gasteiger partial charge in [-0.15, -0.1) is 0 Å². The normalized spacial score (nSPS) is 23.6. The lowest BCUT2D eigenvalue weighted by Crippen LogP contribution is -2.47. The van der Waals surface area contributed by atoms with Gasteiger partial charge in [-0.25, -0.2) is 0 Å². The number of para-hydroxylation sites is 1. The Labute approximate surface area is 131 Å². The Morgan fingerprint density at radius 1 is 1.19 bits per heavy atom. The van der Waals surface area contributed by atoms with Crippen molar-refractivity contribution >= 4 is 23.2 Å². The Bertz CT molecular complexity index is 569. The summed E-state index contributed by atoms with van der Waals surface area (Å²) >= 11 is 6.51. The van der Waals surface area contributed by atoms with Gasteiger partial charge < -0.3 is 9.80 Å². The van der Waals surface area contributed by atoms with E-state index in [1.165, 1.54) is 37.7 Å². The zero-order valence-electron chi connectivity index (χ0n) is 12.6. The van der Waals surface area contributed by atoms with Crippen LogP contribution in [0, 0.1) is 6.92 Å². The van der Waals surface area contributed by atoms with Crippen LogP contribution in [0.4, 0.5) is 5.69 Å². The number of rotatable bonds is 1. The van der Waals surface area contributed by atoms with Gasteiger partial charge >= 0.3 is 0 Å². The smallest absolute Gasteiger partial charge is 0.201 e. The van der Waals surface area contributed by atoms with Crippen LogP contribution in [-0.4, -0.2) is 36.0 Å². The third-order valence-corrected chi connectivity index (χ3v) is 5.63. The minimum Gasteiger partial charge on any atom is -0.333 e. The number of nitrogens with zero attached hydrogens (tertiary/aromatic N) is 3. The van der Waals surface area contributed by atoms with Crippen molar-refractivity contribution in [1.82, 2.24) is 4.90 Å². The van der Waals surface area contributed by atoms with E-state index in [1.807, 2.05) is 12.1 Å². The molecule has 4 rings (SSSR count). The molecule has 1 aliphatic carbocycles. The number of fused-ring (bicyclic) bond motifs is 2. The minimum absolute atomic E-state index is 0.305. The van der Waals surface area contributed by atoms with Crippen molar-refractivity contribution < 1.29 is 0 Å². The number of benzene rings is 1. The molecule has 0 aromatic heterocycles. The summed E-state index contributed by atoms with van der Waals surface area (Å²) in [5.41, 5.74) is 2.70. The lowest BCUT2D eigenvalue weighted by molar-refractivity contribution is 0.158. The first-order valence-electron chi connectivity index (χ1n) is 8.06. The maximum atomic E-state index is 6.51. The Hall–Kier alpha value is -1.22. The standard InChI is InChI=1S/C17H22ClN3/c1-13-6-5-7-14(18)15(13)20-12-17(8-3-2-4-9-17)21-11-10-19-16(20)21/h5-7H,2-4,8-12H2,1H3. The van der Waals surface area contributed by atoms with Crippen LogP contribution < -0.4 is 4.90 Å². The zero-order valence-corrected chi connectivity index (χ0v) is 13.4. The fourth-order valence-corrected chi connectivity index (χ4v) is 4.67. The maximum Gasteiger partial charge on any atom is 0.201 e. The predicted octanol–water partition coefficient (Wildman–Crippen LogP) is 3.84. The van der Waals surface area contributed by atoms with Crippen molar-refractivity contribution in [3.8, 4) is 0 Å². The first-order valence-corrected chi connectivity index (χ1v) is 8.44. The molecule has 2 aliphatic heterocycles. The van der Waals surface area contributed by atoms with E-state index in [9.17, 15) is 0 Å². The topological polar surface area (TPSA) is 18.8 Å². The fourth-order valence-electron chi connectivity index (χ4n) is 4.35. The lowest BCUT2D eigenvalue weighted by Gasteiger charge is -2.39. The number of anilines is 1. The molecule has 0 amide bonds. The van der Waals surface area contributed by atoms with E-state index >= 15 is 0 Å². The summed E-state index contributed by atoms with van der Waals surface area (Å²) in [6, 6.07) is 6.17. The number of aryl methyl sites for hydroxylation is 1. The van der Waals surface area contributed by atoms with Gasteiger partial charge in [0.05, 0.1) is 22.8 Å². The van der Waals surface area contributed by atoms with Gasteiger partial charge in [0, 0.05) is 13.1 Å². The number of aliphatic imine (C=N–C) groups is 1. The van der Waals surface area contributed by atoms with Crippen LogP contribution in [0.3, 0.4) is 0 Å². The van der Waals surface area contributed by atoms with Crippen molar-refractivity contribution in [2.75, 3.05) is 24.5 Å². The molecular weight excluding hydrogens is 282 g/mol. The Kier molecular flexibility index (Phi) is 3.14. The van der Waals surface area contributed by atoms with Gasteiger partial charge in [0.15, 0.2) is 0 Å². The molecular formula is C17H22ClN3. The molecule has 1 aromatic rings. The Morgan fingerprint density at radius 3 is 2.76 bits per heavy atom. The summed E-state index contributed by atoms with van der Waals surface area (Å²) in [6.45, 7) is 5.20. The van der Waals surface area contributed by atoms with E-state index < -0.39 is 0 Å². The van der Waals surface area contributed by atoms with Crippen molar-refractivity contribution in [2.24, 2.45) is 4.99 Å². The average molecular weight is 304 g/mol. The molecule has 0 bridgehead atoms. The molecule has 1 saturated carbocycles. The van der Waals surface area contributed by atoms with Gasteiger partial charge in [-0.3, -0.25) is 4.99 Å². The molecule has 3 aliphatic rings. The van der Waals surface area contributed by atoms with Gasteiger partial charge in [-0.1, -0.05) is 43.0 Å². The van der Waals surface area contributed by atoms with Crippen LogP contribution in [0.1, 0.15) is 37.7 Å². The molecule has 0 unspecified atom stereocenters. The van der Waals surface area contributed by atoms with Gasteiger partial charge in [0.2, 0.25) is 5.96 Å². The molecule has 2 fully saturated rings. The number of hydrogen-bond acceptors (Lipinski definition) is 3. The second-order valence-electron chi connectivity index (χ2n) is 6.61. The zero-order chi connectivity index (χ0) is 14.4. The third kappa shape index (κ3) is 1.97. The summed E-state index contributed by atoms with van der Waals surface area (Å²) in [5, 5.41) is 0.845. The van der Waals surface area contributed by atoms with Gasteiger partial charge in [-0.05, 0) is 31.4 Å². The molecule has 0 atom stereocenters. The highest BCUT2D eigenvalue weighted by atomic mass is 35.5. The van der Waals surface area contributed by atoms with Gasteiger partial charge in [0.1, 0.15) is 0 Å². The molecule has 21 heavy (non-hydrogen) atoms. The third-order valence-electron chi connectivity index (χ3n) is 5.33. The summed E-state index contributed by atoms with van der Waals surface area (Å²) in [7, 11) is 0. The van der Waals surface area contributed by atoms with Crippen molar-refractivity contribution in [3.05, 3.63) is 28.8 Å². The molecule has 3 nitrogen and oxygen atoms in total. The maximum absolute atomic E-state index is 6.51. The van der Waals surface area contributed by atoms with E-state index in [0.717, 1.165) is 36.3 Å². The van der Waals surface area contributed by atoms with Gasteiger partial charge in [0.25, 0.3) is 0 Å². The summed E-state index contributed by atoms with van der Waals surface area (Å²) in [5.74, 6) is 1.16. The second-order valence-corrected chi connectivity index (χ2v) is 7.02. The summed E-state index contributed by atoms with van der Waals surface area (Å²) in [4.78, 5) is 9.76. The molecule has 0 N–H and O–H groups in total.